The zero-order valence-electron chi connectivity index (χ0n) is 10.4. The van der Waals surface area contributed by atoms with Crippen LogP contribution >= 0.6 is 0 Å². The van der Waals surface area contributed by atoms with Crippen LogP contribution in [-0.4, -0.2) is 40.5 Å². The molecule has 1 aromatic heterocycles. The number of ether oxygens (including phenoxy) is 1. The molecule has 17 heavy (non-hydrogen) atoms. The van der Waals surface area contributed by atoms with Gasteiger partial charge in [0.15, 0.2) is 0 Å². The standard InChI is InChI=1S/C12H19N3O2/c1-15(9-10-13-6-7-14-10)11(16)8-12(17-2)4-3-5-12/h6-7H,3-5,8-9H2,1-2H3,(H,13,14). The van der Waals surface area contributed by atoms with Gasteiger partial charge in [0.1, 0.15) is 5.82 Å². The van der Waals surface area contributed by atoms with E-state index in [-0.39, 0.29) is 11.5 Å². The zero-order chi connectivity index (χ0) is 12.3. The van der Waals surface area contributed by atoms with E-state index in [1.807, 2.05) is 0 Å². The van der Waals surface area contributed by atoms with Gasteiger partial charge in [-0.15, -0.1) is 0 Å². The molecule has 1 heterocycles. The van der Waals surface area contributed by atoms with E-state index in [1.54, 1.807) is 31.5 Å². The molecule has 1 fully saturated rings. The Bertz CT molecular complexity index is 366. The first-order valence-corrected chi connectivity index (χ1v) is 5.93. The van der Waals surface area contributed by atoms with E-state index in [9.17, 15) is 4.79 Å². The van der Waals surface area contributed by atoms with E-state index in [1.165, 1.54) is 0 Å². The van der Waals surface area contributed by atoms with Gasteiger partial charge in [0, 0.05) is 26.6 Å². The number of rotatable bonds is 5. The van der Waals surface area contributed by atoms with Gasteiger partial charge in [0.25, 0.3) is 0 Å². The van der Waals surface area contributed by atoms with Crippen LogP contribution in [0.4, 0.5) is 0 Å². The van der Waals surface area contributed by atoms with Gasteiger partial charge in [-0.05, 0) is 19.3 Å². The Kier molecular flexibility index (Phi) is 3.47. The van der Waals surface area contributed by atoms with Gasteiger partial charge < -0.3 is 14.6 Å². The number of nitrogens with zero attached hydrogens (tertiary/aromatic N) is 2. The van der Waals surface area contributed by atoms with Crippen LogP contribution in [0.15, 0.2) is 12.4 Å². The fourth-order valence-electron chi connectivity index (χ4n) is 2.13. The van der Waals surface area contributed by atoms with Crippen LogP contribution in [0.25, 0.3) is 0 Å². The molecule has 2 rings (SSSR count). The predicted octanol–water partition coefficient (Wildman–Crippen LogP) is 1.33. The number of hydrogen-bond donors (Lipinski definition) is 1. The molecule has 0 atom stereocenters. The molecule has 0 saturated heterocycles. The van der Waals surface area contributed by atoms with E-state index in [0.29, 0.717) is 13.0 Å². The van der Waals surface area contributed by atoms with E-state index in [4.69, 9.17) is 4.74 Å². The van der Waals surface area contributed by atoms with Gasteiger partial charge in [0.05, 0.1) is 18.6 Å². The first kappa shape index (κ1) is 12.1. The monoisotopic (exact) mass is 237 g/mol. The quantitative estimate of drug-likeness (QED) is 0.840. The van der Waals surface area contributed by atoms with Crippen LogP contribution < -0.4 is 0 Å². The lowest BCUT2D eigenvalue weighted by Crippen LogP contribution is -2.44. The van der Waals surface area contributed by atoms with E-state index < -0.39 is 0 Å². The highest BCUT2D eigenvalue weighted by Gasteiger charge is 2.39. The van der Waals surface area contributed by atoms with Crippen molar-refractivity contribution in [2.45, 2.75) is 37.8 Å². The van der Waals surface area contributed by atoms with Crippen molar-refractivity contribution in [3.05, 3.63) is 18.2 Å². The Morgan fingerprint density at radius 2 is 2.41 bits per heavy atom. The molecule has 1 N–H and O–H groups in total. The SMILES string of the molecule is COC1(CC(=O)N(C)Cc2ncc[nH]2)CCC1. The highest BCUT2D eigenvalue weighted by molar-refractivity contribution is 5.77. The van der Waals surface area contributed by atoms with Crippen LogP contribution in [-0.2, 0) is 16.1 Å². The number of methoxy groups -OCH3 is 1. The molecule has 94 valence electrons. The Hall–Kier alpha value is -1.36. The van der Waals surface area contributed by atoms with Gasteiger partial charge in [-0.2, -0.15) is 0 Å². The van der Waals surface area contributed by atoms with Crippen molar-refractivity contribution in [2.24, 2.45) is 0 Å². The lowest BCUT2D eigenvalue weighted by atomic mass is 9.77. The van der Waals surface area contributed by atoms with Crippen LogP contribution in [0, 0.1) is 0 Å². The molecule has 0 spiro atoms. The highest BCUT2D eigenvalue weighted by atomic mass is 16.5. The molecule has 1 aliphatic rings. The summed E-state index contributed by atoms with van der Waals surface area (Å²) >= 11 is 0. The number of amides is 1. The Morgan fingerprint density at radius 3 is 2.88 bits per heavy atom. The number of nitrogens with one attached hydrogen (secondary N) is 1. The molecule has 1 aliphatic carbocycles. The molecule has 1 saturated carbocycles. The maximum Gasteiger partial charge on any atom is 0.225 e. The Balaban J connectivity index is 1.87. The third-order valence-corrected chi connectivity index (χ3v) is 3.54. The number of imidazole rings is 1. The third kappa shape index (κ3) is 2.66. The number of aromatic amines is 1. The van der Waals surface area contributed by atoms with E-state index >= 15 is 0 Å². The number of carbonyl (C=O) groups excluding carboxylic acids is 1. The number of carbonyl (C=O) groups is 1. The highest BCUT2D eigenvalue weighted by Crippen LogP contribution is 2.38. The van der Waals surface area contributed by atoms with Crippen LogP contribution in [0.5, 0.6) is 0 Å². The summed E-state index contributed by atoms with van der Waals surface area (Å²) < 4.78 is 5.46. The molecule has 0 aliphatic heterocycles. The van der Waals surface area contributed by atoms with Crippen molar-refractivity contribution in [2.75, 3.05) is 14.2 Å². The first-order chi connectivity index (χ1) is 8.15. The number of hydrogen-bond acceptors (Lipinski definition) is 3. The van der Waals surface area contributed by atoms with Crippen molar-refractivity contribution >= 4 is 5.91 Å². The van der Waals surface area contributed by atoms with Crippen LogP contribution in [0.3, 0.4) is 0 Å². The second-order valence-electron chi connectivity index (χ2n) is 4.70. The average molecular weight is 237 g/mol. The van der Waals surface area contributed by atoms with E-state index in [0.717, 1.165) is 25.1 Å². The fraction of sp³-hybridized carbons (Fsp3) is 0.667. The Morgan fingerprint density at radius 1 is 1.65 bits per heavy atom. The molecular weight excluding hydrogens is 218 g/mol. The topological polar surface area (TPSA) is 58.2 Å². The largest absolute Gasteiger partial charge is 0.378 e. The van der Waals surface area contributed by atoms with Gasteiger partial charge in [-0.3, -0.25) is 4.79 Å². The summed E-state index contributed by atoms with van der Waals surface area (Å²) in [4.78, 5) is 20.8. The van der Waals surface area contributed by atoms with Gasteiger partial charge in [0.2, 0.25) is 5.91 Å². The van der Waals surface area contributed by atoms with Gasteiger partial charge >= 0.3 is 0 Å². The smallest absolute Gasteiger partial charge is 0.225 e. The normalized spacial score (nSPS) is 17.5. The van der Waals surface area contributed by atoms with Crippen molar-refractivity contribution < 1.29 is 9.53 Å². The molecule has 0 bridgehead atoms. The van der Waals surface area contributed by atoms with Crippen molar-refractivity contribution in [1.29, 1.82) is 0 Å². The van der Waals surface area contributed by atoms with Gasteiger partial charge in [-0.1, -0.05) is 0 Å². The number of H-pyrrole nitrogens is 1. The molecule has 0 unspecified atom stereocenters. The molecule has 1 amide bonds. The van der Waals surface area contributed by atoms with Gasteiger partial charge in [-0.25, -0.2) is 4.98 Å². The van der Waals surface area contributed by atoms with Crippen molar-refractivity contribution in [3.8, 4) is 0 Å². The second kappa shape index (κ2) is 4.87. The van der Waals surface area contributed by atoms with Crippen molar-refractivity contribution in [1.82, 2.24) is 14.9 Å². The molecular formula is C12H19N3O2. The molecule has 5 heteroatoms. The van der Waals surface area contributed by atoms with Crippen LogP contribution in [0.1, 0.15) is 31.5 Å². The van der Waals surface area contributed by atoms with Crippen LogP contribution in [0.2, 0.25) is 0 Å². The zero-order valence-corrected chi connectivity index (χ0v) is 10.4. The maximum absolute atomic E-state index is 12.0. The summed E-state index contributed by atoms with van der Waals surface area (Å²) in [5.41, 5.74) is -0.200. The second-order valence-corrected chi connectivity index (χ2v) is 4.70. The average Bonchev–Trinajstić information content (AvgIpc) is 2.75. The lowest BCUT2D eigenvalue weighted by Gasteiger charge is -2.40. The summed E-state index contributed by atoms with van der Waals surface area (Å²) in [6.07, 6.45) is 7.06. The molecule has 0 radical (unpaired) electrons. The summed E-state index contributed by atoms with van der Waals surface area (Å²) in [7, 11) is 3.49. The van der Waals surface area contributed by atoms with E-state index in [2.05, 4.69) is 9.97 Å². The molecule has 0 aromatic carbocycles. The minimum Gasteiger partial charge on any atom is -0.378 e. The van der Waals surface area contributed by atoms with Crippen molar-refractivity contribution in [3.63, 3.8) is 0 Å². The summed E-state index contributed by atoms with van der Waals surface area (Å²) in [6.45, 7) is 0.519. The molecule has 5 nitrogen and oxygen atoms in total. The Labute approximate surface area is 101 Å². The first-order valence-electron chi connectivity index (χ1n) is 5.93. The number of aromatic nitrogens is 2. The lowest BCUT2D eigenvalue weighted by molar-refractivity contribution is -0.143. The summed E-state index contributed by atoms with van der Waals surface area (Å²) in [6, 6.07) is 0. The summed E-state index contributed by atoms with van der Waals surface area (Å²) in [5.74, 6) is 0.920. The third-order valence-electron chi connectivity index (χ3n) is 3.54. The fourth-order valence-corrected chi connectivity index (χ4v) is 2.13. The minimum absolute atomic E-state index is 0.114. The minimum atomic E-state index is -0.200. The predicted molar refractivity (Wildman–Crippen MR) is 63.3 cm³/mol. The molecule has 1 aromatic rings. The maximum atomic E-state index is 12.0. The summed E-state index contributed by atoms with van der Waals surface area (Å²) in [5, 5.41) is 0.